The molecule has 2 aromatic rings. The Kier molecular flexibility index (Phi) is 11.6. The van der Waals surface area contributed by atoms with E-state index in [-0.39, 0.29) is 49.5 Å². The average molecular weight is 487 g/mol. The normalized spacial score (nSPS) is 12.2. The molecule has 148 valence electrons. The molecule has 1 atom stereocenters. The molecule has 0 amide bonds. The SMILES string of the molecule is CCNC(=NCc1ccccc1F)NCC(O)COCc1ccccc1.I. The first-order valence-electron chi connectivity index (χ1n) is 8.74. The molecule has 0 aliphatic heterocycles. The van der Waals surface area contributed by atoms with Crippen molar-refractivity contribution >= 4 is 29.9 Å². The van der Waals surface area contributed by atoms with Crippen LogP contribution in [0.5, 0.6) is 0 Å². The molecule has 27 heavy (non-hydrogen) atoms. The van der Waals surface area contributed by atoms with E-state index < -0.39 is 6.10 Å². The van der Waals surface area contributed by atoms with Crippen molar-refractivity contribution in [1.82, 2.24) is 10.6 Å². The van der Waals surface area contributed by atoms with Crippen molar-refractivity contribution in [2.24, 2.45) is 4.99 Å². The highest BCUT2D eigenvalue weighted by Gasteiger charge is 2.07. The summed E-state index contributed by atoms with van der Waals surface area (Å²) in [5, 5.41) is 16.2. The zero-order valence-electron chi connectivity index (χ0n) is 15.4. The lowest BCUT2D eigenvalue weighted by molar-refractivity contribution is 0.0308. The van der Waals surface area contributed by atoms with E-state index in [1.165, 1.54) is 6.07 Å². The number of aliphatic hydroxyl groups is 1. The van der Waals surface area contributed by atoms with Crippen molar-refractivity contribution in [3.63, 3.8) is 0 Å². The molecule has 5 nitrogen and oxygen atoms in total. The topological polar surface area (TPSA) is 65.9 Å². The summed E-state index contributed by atoms with van der Waals surface area (Å²) in [6.45, 7) is 3.80. The summed E-state index contributed by atoms with van der Waals surface area (Å²) in [5.74, 6) is 0.249. The summed E-state index contributed by atoms with van der Waals surface area (Å²) in [7, 11) is 0. The summed E-state index contributed by atoms with van der Waals surface area (Å²) in [6, 6.07) is 16.3. The van der Waals surface area contributed by atoms with Gasteiger partial charge in [-0.1, -0.05) is 48.5 Å². The highest BCUT2D eigenvalue weighted by molar-refractivity contribution is 14.0. The van der Waals surface area contributed by atoms with E-state index in [1.807, 2.05) is 37.3 Å². The van der Waals surface area contributed by atoms with Crippen molar-refractivity contribution in [2.75, 3.05) is 19.7 Å². The molecule has 0 saturated heterocycles. The van der Waals surface area contributed by atoms with Crippen LogP contribution in [0.1, 0.15) is 18.1 Å². The minimum atomic E-state index is -0.670. The Morgan fingerprint density at radius 3 is 2.52 bits per heavy atom. The number of ether oxygens (including phenoxy) is 1. The lowest BCUT2D eigenvalue weighted by atomic mass is 10.2. The molecule has 0 saturated carbocycles. The van der Waals surface area contributed by atoms with Gasteiger partial charge in [-0.15, -0.1) is 24.0 Å². The van der Waals surface area contributed by atoms with Crippen LogP contribution >= 0.6 is 24.0 Å². The maximum Gasteiger partial charge on any atom is 0.191 e. The van der Waals surface area contributed by atoms with Crippen LogP contribution < -0.4 is 10.6 Å². The van der Waals surface area contributed by atoms with E-state index in [1.54, 1.807) is 18.2 Å². The van der Waals surface area contributed by atoms with Crippen molar-refractivity contribution in [2.45, 2.75) is 26.2 Å². The Balaban J connectivity index is 0.00000364. The molecular weight excluding hydrogens is 460 g/mol. The van der Waals surface area contributed by atoms with Gasteiger partial charge in [-0.25, -0.2) is 9.38 Å². The molecule has 0 aliphatic rings. The smallest absolute Gasteiger partial charge is 0.191 e. The highest BCUT2D eigenvalue weighted by Crippen LogP contribution is 2.07. The van der Waals surface area contributed by atoms with Crippen LogP contribution in [-0.2, 0) is 17.9 Å². The van der Waals surface area contributed by atoms with Gasteiger partial charge in [0.25, 0.3) is 0 Å². The molecule has 2 rings (SSSR count). The van der Waals surface area contributed by atoms with E-state index in [4.69, 9.17) is 4.74 Å². The average Bonchev–Trinajstić information content (AvgIpc) is 2.66. The maximum atomic E-state index is 13.7. The number of nitrogens with one attached hydrogen (secondary N) is 2. The minimum Gasteiger partial charge on any atom is -0.389 e. The van der Waals surface area contributed by atoms with E-state index in [0.29, 0.717) is 24.7 Å². The summed E-state index contributed by atoms with van der Waals surface area (Å²) < 4.78 is 19.2. The molecule has 7 heteroatoms. The van der Waals surface area contributed by atoms with Gasteiger partial charge in [0.2, 0.25) is 0 Å². The Morgan fingerprint density at radius 1 is 1.11 bits per heavy atom. The maximum absolute atomic E-state index is 13.7. The first kappa shape index (κ1) is 23.3. The van der Waals surface area contributed by atoms with Crippen LogP contribution in [0.4, 0.5) is 4.39 Å². The molecule has 0 fully saturated rings. The highest BCUT2D eigenvalue weighted by atomic mass is 127. The lowest BCUT2D eigenvalue weighted by Gasteiger charge is -2.15. The summed E-state index contributed by atoms with van der Waals surface area (Å²) in [4.78, 5) is 4.35. The molecule has 0 heterocycles. The van der Waals surface area contributed by atoms with E-state index in [2.05, 4.69) is 15.6 Å². The van der Waals surface area contributed by atoms with Crippen LogP contribution in [0.3, 0.4) is 0 Å². The quantitative estimate of drug-likeness (QED) is 0.289. The Morgan fingerprint density at radius 2 is 1.81 bits per heavy atom. The standard InChI is InChI=1S/C20H26FN3O2.HI/c1-2-22-20(23-12-17-10-6-7-11-19(17)21)24-13-18(25)15-26-14-16-8-4-3-5-9-16;/h3-11,18,25H,2,12-15H2,1H3,(H2,22,23,24);1H. The van der Waals surface area contributed by atoms with Crippen molar-refractivity contribution in [1.29, 1.82) is 0 Å². The zero-order chi connectivity index (χ0) is 18.6. The van der Waals surface area contributed by atoms with Crippen molar-refractivity contribution in [3.8, 4) is 0 Å². The lowest BCUT2D eigenvalue weighted by Crippen LogP contribution is -2.42. The fraction of sp³-hybridized carbons (Fsp3) is 0.350. The first-order chi connectivity index (χ1) is 12.7. The van der Waals surface area contributed by atoms with Gasteiger partial charge in [0.05, 0.1) is 25.9 Å². The number of guanidine groups is 1. The van der Waals surface area contributed by atoms with Gasteiger partial charge in [-0.2, -0.15) is 0 Å². The zero-order valence-corrected chi connectivity index (χ0v) is 17.7. The Hall–Kier alpha value is -1.71. The Bertz CT molecular complexity index is 686. The van der Waals surface area contributed by atoms with Crippen LogP contribution in [-0.4, -0.2) is 36.9 Å². The number of aliphatic hydroxyl groups excluding tert-OH is 1. The Labute approximate surface area is 177 Å². The molecule has 0 bridgehead atoms. The van der Waals surface area contributed by atoms with Gasteiger partial charge in [-0.3, -0.25) is 0 Å². The minimum absolute atomic E-state index is 0. The number of nitrogens with zero attached hydrogens (tertiary/aromatic N) is 1. The monoisotopic (exact) mass is 487 g/mol. The molecular formula is C20H27FIN3O2. The number of hydrogen-bond donors (Lipinski definition) is 3. The van der Waals surface area contributed by atoms with E-state index >= 15 is 0 Å². The van der Waals surface area contributed by atoms with Gasteiger partial charge >= 0.3 is 0 Å². The second kappa shape index (κ2) is 13.5. The van der Waals surface area contributed by atoms with Gasteiger partial charge in [0.1, 0.15) is 5.82 Å². The third-order valence-electron chi connectivity index (χ3n) is 3.64. The largest absolute Gasteiger partial charge is 0.389 e. The van der Waals surface area contributed by atoms with Gasteiger partial charge in [0, 0.05) is 18.7 Å². The van der Waals surface area contributed by atoms with Gasteiger partial charge < -0.3 is 20.5 Å². The fourth-order valence-corrected chi connectivity index (χ4v) is 2.29. The predicted octanol–water partition coefficient (Wildman–Crippen LogP) is 3.08. The third-order valence-corrected chi connectivity index (χ3v) is 3.64. The third kappa shape index (κ3) is 9.16. The first-order valence-corrected chi connectivity index (χ1v) is 8.74. The van der Waals surface area contributed by atoms with Crippen LogP contribution in [0, 0.1) is 5.82 Å². The summed E-state index contributed by atoms with van der Waals surface area (Å²) >= 11 is 0. The van der Waals surface area contributed by atoms with Crippen LogP contribution in [0.15, 0.2) is 59.6 Å². The molecule has 0 radical (unpaired) electrons. The summed E-state index contributed by atoms with van der Waals surface area (Å²) in [5.41, 5.74) is 1.59. The second-order valence-electron chi connectivity index (χ2n) is 5.82. The number of benzene rings is 2. The fourth-order valence-electron chi connectivity index (χ4n) is 2.29. The molecule has 0 aromatic heterocycles. The molecule has 1 unspecified atom stereocenters. The van der Waals surface area contributed by atoms with Crippen molar-refractivity contribution in [3.05, 3.63) is 71.5 Å². The van der Waals surface area contributed by atoms with Crippen LogP contribution in [0.2, 0.25) is 0 Å². The van der Waals surface area contributed by atoms with Crippen LogP contribution in [0.25, 0.3) is 0 Å². The predicted molar refractivity (Wildman–Crippen MR) is 117 cm³/mol. The number of aliphatic imine (C=N–C) groups is 1. The van der Waals surface area contributed by atoms with E-state index in [9.17, 15) is 9.50 Å². The molecule has 0 spiro atoms. The van der Waals surface area contributed by atoms with Crippen molar-refractivity contribution < 1.29 is 14.2 Å². The van der Waals surface area contributed by atoms with Gasteiger partial charge in [-0.05, 0) is 18.6 Å². The number of hydrogen-bond acceptors (Lipinski definition) is 3. The van der Waals surface area contributed by atoms with Gasteiger partial charge in [0.15, 0.2) is 5.96 Å². The van der Waals surface area contributed by atoms with E-state index in [0.717, 1.165) is 5.56 Å². The second-order valence-corrected chi connectivity index (χ2v) is 5.82. The summed E-state index contributed by atoms with van der Waals surface area (Å²) in [6.07, 6.45) is -0.670. The number of rotatable bonds is 9. The molecule has 3 N–H and O–H groups in total. The number of halogens is 2. The molecule has 2 aromatic carbocycles. The molecule has 0 aliphatic carbocycles.